The number of alkyl carbamates (subject to hydrolysis) is 1. The summed E-state index contributed by atoms with van der Waals surface area (Å²) in [5.74, 6) is -0.688. The average molecular weight is 412 g/mol. The highest BCUT2D eigenvalue weighted by Crippen LogP contribution is 2.09. The fourth-order valence-corrected chi connectivity index (χ4v) is 2.66. The number of hydrogen-bond donors (Lipinski definition) is 3. The van der Waals surface area contributed by atoms with Crippen molar-refractivity contribution in [3.05, 3.63) is 60.4 Å². The zero-order chi connectivity index (χ0) is 21.8. The Morgan fingerprint density at radius 2 is 1.87 bits per heavy atom. The molecule has 1 aromatic heterocycles. The zero-order valence-corrected chi connectivity index (χ0v) is 17.3. The van der Waals surface area contributed by atoms with Gasteiger partial charge in [-0.2, -0.15) is 0 Å². The number of anilines is 1. The van der Waals surface area contributed by atoms with Gasteiger partial charge in [0.05, 0.1) is 11.9 Å². The lowest BCUT2D eigenvalue weighted by molar-refractivity contribution is -0.124. The lowest BCUT2D eigenvalue weighted by Gasteiger charge is -2.23. The maximum atomic E-state index is 12.6. The van der Waals surface area contributed by atoms with Crippen LogP contribution in [0.4, 0.5) is 10.5 Å². The normalized spacial score (nSPS) is 12.3. The van der Waals surface area contributed by atoms with Crippen molar-refractivity contribution in [1.29, 1.82) is 0 Å². The quantitative estimate of drug-likeness (QED) is 0.556. The van der Waals surface area contributed by atoms with Crippen LogP contribution in [0.5, 0.6) is 0 Å². The van der Waals surface area contributed by atoms with Gasteiger partial charge >= 0.3 is 6.09 Å². The molecule has 0 aliphatic rings. The first-order valence-corrected chi connectivity index (χ1v) is 9.94. The van der Waals surface area contributed by atoms with E-state index in [2.05, 4.69) is 20.9 Å². The van der Waals surface area contributed by atoms with Gasteiger partial charge in [-0.25, -0.2) is 4.79 Å². The number of carbonyl (C=O) groups is 3. The minimum atomic E-state index is -0.750. The Balaban J connectivity index is 1.79. The van der Waals surface area contributed by atoms with Gasteiger partial charge in [-0.3, -0.25) is 14.6 Å². The van der Waals surface area contributed by atoms with Crippen LogP contribution in [0.1, 0.15) is 32.3 Å². The summed E-state index contributed by atoms with van der Waals surface area (Å²) in [4.78, 5) is 40.6. The second kappa shape index (κ2) is 12.2. The number of ether oxygens (including phenoxy) is 1. The highest BCUT2D eigenvalue weighted by atomic mass is 16.5. The lowest BCUT2D eigenvalue weighted by atomic mass is 9.98. The van der Waals surface area contributed by atoms with Gasteiger partial charge in [-0.05, 0) is 23.6 Å². The lowest BCUT2D eigenvalue weighted by Crippen LogP contribution is -2.50. The topological polar surface area (TPSA) is 109 Å². The van der Waals surface area contributed by atoms with Crippen molar-refractivity contribution in [2.45, 2.75) is 39.3 Å². The second-order valence-electron chi connectivity index (χ2n) is 6.90. The van der Waals surface area contributed by atoms with E-state index in [1.54, 1.807) is 24.5 Å². The number of aromatic nitrogens is 1. The fourth-order valence-electron chi connectivity index (χ4n) is 2.66. The Kier molecular flexibility index (Phi) is 9.30. The number of benzene rings is 1. The van der Waals surface area contributed by atoms with Crippen LogP contribution in [0, 0.1) is 5.92 Å². The van der Waals surface area contributed by atoms with Crippen LogP contribution in [0.15, 0.2) is 54.9 Å². The van der Waals surface area contributed by atoms with Crippen LogP contribution in [0.25, 0.3) is 0 Å². The van der Waals surface area contributed by atoms with Crippen molar-refractivity contribution < 1.29 is 19.1 Å². The van der Waals surface area contributed by atoms with E-state index in [1.165, 1.54) is 0 Å². The van der Waals surface area contributed by atoms with Crippen LogP contribution in [-0.2, 0) is 20.9 Å². The third kappa shape index (κ3) is 7.90. The van der Waals surface area contributed by atoms with Gasteiger partial charge in [-0.15, -0.1) is 0 Å². The molecule has 0 unspecified atom stereocenters. The highest BCUT2D eigenvalue weighted by molar-refractivity contribution is 5.91. The minimum absolute atomic E-state index is 0.0986. The van der Waals surface area contributed by atoms with Gasteiger partial charge in [0.15, 0.2) is 0 Å². The van der Waals surface area contributed by atoms with E-state index >= 15 is 0 Å². The number of nitrogens with one attached hydrogen (secondary N) is 3. The molecule has 8 nitrogen and oxygen atoms in total. The summed E-state index contributed by atoms with van der Waals surface area (Å²) in [6.45, 7) is 4.08. The number of amides is 3. The number of rotatable bonds is 10. The molecule has 0 aliphatic heterocycles. The van der Waals surface area contributed by atoms with Crippen LogP contribution >= 0.6 is 0 Å². The maximum Gasteiger partial charge on any atom is 0.408 e. The number of nitrogens with zero attached hydrogens (tertiary/aromatic N) is 1. The molecule has 0 bridgehead atoms. The first kappa shape index (κ1) is 22.9. The third-order valence-electron chi connectivity index (χ3n) is 4.58. The molecular formula is C22H28N4O4. The van der Waals surface area contributed by atoms with Crippen LogP contribution in [-0.4, -0.2) is 35.5 Å². The predicted octanol–water partition coefficient (Wildman–Crippen LogP) is 2.87. The van der Waals surface area contributed by atoms with Crippen molar-refractivity contribution in [3.63, 3.8) is 0 Å². The summed E-state index contributed by atoms with van der Waals surface area (Å²) in [5.41, 5.74) is 1.45. The van der Waals surface area contributed by atoms with Crippen LogP contribution in [0.3, 0.4) is 0 Å². The molecule has 3 N–H and O–H groups in total. The van der Waals surface area contributed by atoms with E-state index in [9.17, 15) is 14.4 Å². The standard InChI is InChI=1S/C22H28N4O4/c1-3-16(2)20(26-22(29)30-15-17-8-5-4-6-9-17)21(28)24-13-11-19(27)25-18-10-7-12-23-14-18/h4-10,12,14,16,20H,3,11,13,15H2,1-2H3,(H,24,28)(H,25,27)(H,26,29)/t16-,20-/m0/s1. The molecule has 0 fully saturated rings. The van der Waals surface area contributed by atoms with E-state index in [1.807, 2.05) is 44.2 Å². The molecule has 0 saturated heterocycles. The molecule has 30 heavy (non-hydrogen) atoms. The molecule has 2 atom stereocenters. The highest BCUT2D eigenvalue weighted by Gasteiger charge is 2.26. The van der Waals surface area contributed by atoms with Gasteiger partial charge in [0.1, 0.15) is 12.6 Å². The van der Waals surface area contributed by atoms with Gasteiger partial charge in [0.2, 0.25) is 11.8 Å². The zero-order valence-electron chi connectivity index (χ0n) is 17.3. The summed E-state index contributed by atoms with van der Waals surface area (Å²) >= 11 is 0. The van der Waals surface area contributed by atoms with E-state index < -0.39 is 12.1 Å². The molecule has 1 heterocycles. The summed E-state index contributed by atoms with van der Waals surface area (Å²) in [6.07, 6.45) is 3.29. The van der Waals surface area contributed by atoms with E-state index in [0.29, 0.717) is 12.1 Å². The molecule has 2 aromatic rings. The van der Waals surface area contributed by atoms with Crippen molar-refractivity contribution in [3.8, 4) is 0 Å². The summed E-state index contributed by atoms with van der Waals surface area (Å²) in [5, 5.41) is 8.04. The largest absolute Gasteiger partial charge is 0.445 e. The van der Waals surface area contributed by atoms with Gasteiger partial charge < -0.3 is 20.7 Å². The molecule has 3 amide bonds. The monoisotopic (exact) mass is 412 g/mol. The predicted molar refractivity (Wildman–Crippen MR) is 113 cm³/mol. The van der Waals surface area contributed by atoms with Crippen LogP contribution < -0.4 is 16.0 Å². The SMILES string of the molecule is CC[C@H](C)[C@H](NC(=O)OCc1ccccc1)C(=O)NCCC(=O)Nc1cccnc1. The molecular weight excluding hydrogens is 384 g/mol. The molecule has 8 heteroatoms. The molecule has 2 rings (SSSR count). The first-order valence-electron chi connectivity index (χ1n) is 9.94. The number of pyridine rings is 1. The van der Waals surface area contributed by atoms with E-state index in [0.717, 1.165) is 5.56 Å². The minimum Gasteiger partial charge on any atom is -0.445 e. The second-order valence-corrected chi connectivity index (χ2v) is 6.90. The van der Waals surface area contributed by atoms with Crippen molar-refractivity contribution >= 4 is 23.6 Å². The van der Waals surface area contributed by atoms with E-state index in [4.69, 9.17) is 4.74 Å². The number of hydrogen-bond acceptors (Lipinski definition) is 5. The van der Waals surface area contributed by atoms with E-state index in [-0.39, 0.29) is 37.3 Å². The van der Waals surface area contributed by atoms with Crippen molar-refractivity contribution in [1.82, 2.24) is 15.6 Å². The smallest absolute Gasteiger partial charge is 0.408 e. The summed E-state index contributed by atoms with van der Waals surface area (Å²) in [6, 6.07) is 12.0. The number of carbonyl (C=O) groups excluding carboxylic acids is 3. The Morgan fingerprint density at radius 3 is 2.53 bits per heavy atom. The van der Waals surface area contributed by atoms with Gasteiger partial charge in [0.25, 0.3) is 0 Å². The molecule has 0 spiro atoms. The Morgan fingerprint density at radius 1 is 1.10 bits per heavy atom. The fraction of sp³-hybridized carbons (Fsp3) is 0.364. The Labute approximate surface area is 176 Å². The first-order chi connectivity index (χ1) is 14.5. The van der Waals surface area contributed by atoms with Gasteiger partial charge in [-0.1, -0.05) is 50.6 Å². The summed E-state index contributed by atoms with van der Waals surface area (Å²) in [7, 11) is 0. The molecule has 0 radical (unpaired) electrons. The van der Waals surface area contributed by atoms with Crippen molar-refractivity contribution in [2.24, 2.45) is 5.92 Å². The summed E-state index contributed by atoms with van der Waals surface area (Å²) < 4.78 is 5.21. The Hall–Kier alpha value is -3.42. The molecule has 160 valence electrons. The third-order valence-corrected chi connectivity index (χ3v) is 4.58. The van der Waals surface area contributed by atoms with Crippen molar-refractivity contribution in [2.75, 3.05) is 11.9 Å². The van der Waals surface area contributed by atoms with Crippen LogP contribution in [0.2, 0.25) is 0 Å². The molecule has 1 aromatic carbocycles. The maximum absolute atomic E-state index is 12.6. The molecule has 0 saturated carbocycles. The average Bonchev–Trinajstić information content (AvgIpc) is 2.76. The molecule has 0 aliphatic carbocycles. The van der Waals surface area contributed by atoms with Gasteiger partial charge in [0, 0.05) is 19.2 Å². The Bertz CT molecular complexity index is 814.